The molecule has 5 rings (SSSR count). The van der Waals surface area contributed by atoms with Crippen LogP contribution >= 0.6 is 23.4 Å². The van der Waals surface area contributed by atoms with Crippen molar-refractivity contribution in [2.75, 3.05) is 22.9 Å². The highest BCUT2D eigenvalue weighted by Crippen LogP contribution is 2.35. The van der Waals surface area contributed by atoms with E-state index in [0.717, 1.165) is 22.8 Å². The van der Waals surface area contributed by atoms with Gasteiger partial charge in [0.05, 0.1) is 21.9 Å². The number of nitrogens with zero attached hydrogens (tertiary/aromatic N) is 4. The van der Waals surface area contributed by atoms with Gasteiger partial charge in [-0.15, -0.1) is 11.8 Å². The number of thioether (sulfide) groups is 1. The maximum absolute atomic E-state index is 12.9. The van der Waals surface area contributed by atoms with Crippen LogP contribution in [0, 0.1) is 0 Å². The van der Waals surface area contributed by atoms with Crippen molar-refractivity contribution in [3.05, 3.63) is 84.4 Å². The number of fused-ring (bicyclic) bond motifs is 1. The highest BCUT2D eigenvalue weighted by molar-refractivity contribution is 7.99. The van der Waals surface area contributed by atoms with Crippen LogP contribution in [0.15, 0.2) is 78.6 Å². The number of rotatable bonds is 10. The molecule has 2 aromatic heterocycles. The van der Waals surface area contributed by atoms with Gasteiger partial charge >= 0.3 is 6.09 Å². The largest absolute Gasteiger partial charge is 0.486 e. The molecule has 0 saturated carbocycles. The van der Waals surface area contributed by atoms with Gasteiger partial charge < -0.3 is 19.7 Å². The molecule has 1 saturated heterocycles. The number of benzene rings is 2. The van der Waals surface area contributed by atoms with Gasteiger partial charge in [0.15, 0.2) is 6.23 Å². The molecule has 0 aliphatic carbocycles. The Labute approximate surface area is 252 Å². The number of carbonyl (C=O) groups excluding carboxylic acids is 2. The van der Waals surface area contributed by atoms with Gasteiger partial charge in [0.1, 0.15) is 24.5 Å². The van der Waals surface area contributed by atoms with E-state index >= 15 is 0 Å². The third-order valence-corrected chi connectivity index (χ3v) is 7.70. The van der Waals surface area contributed by atoms with Gasteiger partial charge in [-0.3, -0.25) is 15.1 Å². The van der Waals surface area contributed by atoms with Crippen molar-refractivity contribution in [1.29, 1.82) is 0 Å². The zero-order valence-electron chi connectivity index (χ0n) is 22.9. The molecule has 2 N–H and O–H groups in total. The fraction of sp³-hybridized carbons (Fsp3) is 0.233. The number of ether oxygens (including phenoxy) is 2. The Hall–Kier alpha value is -4.35. The summed E-state index contributed by atoms with van der Waals surface area (Å²) in [5.74, 6) is 1.57. The number of likely N-dealkylation sites (tertiary alicyclic amines) is 1. The molecule has 216 valence electrons. The molecule has 1 aliphatic heterocycles. The van der Waals surface area contributed by atoms with E-state index in [2.05, 4.69) is 32.2 Å². The number of halogens is 1. The van der Waals surface area contributed by atoms with Crippen molar-refractivity contribution < 1.29 is 19.1 Å². The third kappa shape index (κ3) is 6.92. The Bertz CT molecular complexity index is 1610. The summed E-state index contributed by atoms with van der Waals surface area (Å²) < 4.78 is 11.4. The molecule has 1 atom stereocenters. The van der Waals surface area contributed by atoms with E-state index in [0.29, 0.717) is 58.4 Å². The van der Waals surface area contributed by atoms with Gasteiger partial charge in [0, 0.05) is 35.1 Å². The van der Waals surface area contributed by atoms with Crippen molar-refractivity contribution in [3.63, 3.8) is 0 Å². The normalized spacial score (nSPS) is 14.4. The summed E-state index contributed by atoms with van der Waals surface area (Å²) in [4.78, 5) is 40.5. The fourth-order valence-electron chi connectivity index (χ4n) is 4.51. The van der Waals surface area contributed by atoms with E-state index in [1.54, 1.807) is 30.1 Å². The average molecular weight is 605 g/mol. The first-order valence-corrected chi connectivity index (χ1v) is 14.7. The lowest BCUT2D eigenvalue weighted by Gasteiger charge is -2.23. The molecule has 4 aromatic rings. The minimum atomic E-state index is -0.652. The first kappa shape index (κ1) is 29.2. The van der Waals surface area contributed by atoms with Crippen molar-refractivity contribution in [2.45, 2.75) is 37.5 Å². The molecular weight excluding hydrogens is 576 g/mol. The molecular formula is C30H29ClN6O4S. The van der Waals surface area contributed by atoms with E-state index < -0.39 is 12.3 Å². The second-order valence-electron chi connectivity index (χ2n) is 9.26. The van der Waals surface area contributed by atoms with Gasteiger partial charge in [0.2, 0.25) is 5.91 Å². The van der Waals surface area contributed by atoms with Crippen LogP contribution in [0.4, 0.5) is 22.0 Å². The molecule has 1 fully saturated rings. The molecule has 0 unspecified atom stereocenters. The number of nitrogens with one attached hydrogen (secondary N) is 2. The Kier molecular flexibility index (Phi) is 9.40. The van der Waals surface area contributed by atoms with Crippen LogP contribution in [-0.2, 0) is 16.1 Å². The average Bonchev–Trinajstić information content (AvgIpc) is 3.45. The number of carbonyl (C=O) groups is 2. The van der Waals surface area contributed by atoms with Gasteiger partial charge in [-0.05, 0) is 60.7 Å². The minimum absolute atomic E-state index is 0.265. The SMILES string of the molecule is C=CC(=O)N1CCC[C@@H]1OC(=O)Nc1cc2c(Nc3ccc(OCc4ccccn4)c(Cl)c3)ncnc2cc1SCC. The summed E-state index contributed by atoms with van der Waals surface area (Å²) in [6.07, 6.45) is 4.44. The Balaban J connectivity index is 1.35. The monoisotopic (exact) mass is 604 g/mol. The van der Waals surface area contributed by atoms with E-state index in [-0.39, 0.29) is 5.91 Å². The number of hydrogen-bond acceptors (Lipinski definition) is 9. The molecule has 0 radical (unpaired) electrons. The van der Waals surface area contributed by atoms with Crippen molar-refractivity contribution in [1.82, 2.24) is 19.9 Å². The lowest BCUT2D eigenvalue weighted by molar-refractivity contribution is -0.132. The first-order chi connectivity index (χ1) is 20.4. The minimum Gasteiger partial charge on any atom is -0.486 e. The number of hydrogen-bond donors (Lipinski definition) is 2. The lowest BCUT2D eigenvalue weighted by atomic mass is 10.2. The topological polar surface area (TPSA) is 119 Å². The quantitative estimate of drug-likeness (QED) is 0.149. The highest BCUT2D eigenvalue weighted by atomic mass is 35.5. The van der Waals surface area contributed by atoms with E-state index in [4.69, 9.17) is 21.1 Å². The molecule has 1 aliphatic rings. The first-order valence-electron chi connectivity index (χ1n) is 13.4. The maximum atomic E-state index is 12.9. The maximum Gasteiger partial charge on any atom is 0.413 e. The van der Waals surface area contributed by atoms with Gasteiger partial charge in [-0.25, -0.2) is 14.8 Å². The smallest absolute Gasteiger partial charge is 0.413 e. The third-order valence-electron chi connectivity index (χ3n) is 6.47. The molecule has 42 heavy (non-hydrogen) atoms. The molecule has 10 nitrogen and oxygen atoms in total. The molecule has 2 amide bonds. The second kappa shape index (κ2) is 13.5. The van der Waals surface area contributed by atoms with Gasteiger partial charge in [-0.2, -0.15) is 0 Å². The van der Waals surface area contributed by atoms with Crippen molar-refractivity contribution >= 4 is 63.5 Å². The van der Waals surface area contributed by atoms with E-state index in [1.165, 1.54) is 17.3 Å². The van der Waals surface area contributed by atoms with Crippen molar-refractivity contribution in [3.8, 4) is 5.75 Å². The summed E-state index contributed by atoms with van der Waals surface area (Å²) in [7, 11) is 0. The number of amides is 2. The molecule has 12 heteroatoms. The molecule has 0 spiro atoms. The van der Waals surface area contributed by atoms with E-state index in [9.17, 15) is 9.59 Å². The molecule has 0 bridgehead atoms. The zero-order valence-corrected chi connectivity index (χ0v) is 24.5. The standard InChI is InChI=1S/C30H29ClN6O4S/c1-3-27(38)37-13-7-9-28(37)41-30(39)36-24-15-21-23(16-26(24)42-4-2)33-18-34-29(21)35-19-10-11-25(22(31)14-19)40-17-20-8-5-6-12-32-20/h3,5-6,8,10-12,14-16,18,28H,1,4,7,9,13,17H2,2H3,(H,36,39)(H,33,34,35)/t28-/m0/s1. The van der Waals surface area contributed by atoms with Crippen LogP contribution in [0.2, 0.25) is 5.02 Å². The Morgan fingerprint density at radius 3 is 2.83 bits per heavy atom. The Morgan fingerprint density at radius 1 is 1.19 bits per heavy atom. The van der Waals surface area contributed by atoms with Crippen LogP contribution in [0.3, 0.4) is 0 Å². The number of aromatic nitrogens is 3. The van der Waals surface area contributed by atoms with Crippen LogP contribution in [0.5, 0.6) is 5.75 Å². The second-order valence-corrected chi connectivity index (χ2v) is 11.0. The summed E-state index contributed by atoms with van der Waals surface area (Å²) in [6, 6.07) is 14.7. The van der Waals surface area contributed by atoms with E-state index in [1.807, 2.05) is 43.3 Å². The molecule has 2 aromatic carbocycles. The van der Waals surface area contributed by atoms with Crippen LogP contribution in [0.25, 0.3) is 10.9 Å². The van der Waals surface area contributed by atoms with Crippen LogP contribution in [0.1, 0.15) is 25.5 Å². The predicted octanol–water partition coefficient (Wildman–Crippen LogP) is 6.80. The molecule has 3 heterocycles. The van der Waals surface area contributed by atoms with Crippen molar-refractivity contribution in [2.24, 2.45) is 0 Å². The van der Waals surface area contributed by atoms with Gasteiger partial charge in [-0.1, -0.05) is 31.2 Å². The van der Waals surface area contributed by atoms with Gasteiger partial charge in [0.25, 0.3) is 0 Å². The lowest BCUT2D eigenvalue weighted by Crippen LogP contribution is -2.38. The zero-order chi connectivity index (χ0) is 29.5. The fourth-order valence-corrected chi connectivity index (χ4v) is 5.52. The number of pyridine rings is 1. The number of anilines is 3. The summed E-state index contributed by atoms with van der Waals surface area (Å²) in [6.45, 7) is 6.37. The van der Waals surface area contributed by atoms with Crippen LogP contribution in [-0.4, -0.2) is 50.4 Å². The highest BCUT2D eigenvalue weighted by Gasteiger charge is 2.30. The summed E-state index contributed by atoms with van der Waals surface area (Å²) >= 11 is 8.08. The summed E-state index contributed by atoms with van der Waals surface area (Å²) in [5.41, 5.74) is 2.73. The van der Waals surface area contributed by atoms with Crippen LogP contribution < -0.4 is 15.4 Å². The predicted molar refractivity (Wildman–Crippen MR) is 164 cm³/mol. The summed E-state index contributed by atoms with van der Waals surface area (Å²) in [5, 5.41) is 7.26. The Morgan fingerprint density at radius 2 is 2.07 bits per heavy atom.